The summed E-state index contributed by atoms with van der Waals surface area (Å²) < 4.78 is 0. The SMILES string of the molecule is c1nc2nc3c(cc2[nH]1)CNCC3. The maximum atomic E-state index is 4.49. The zero-order valence-corrected chi connectivity index (χ0v) is 7.17. The summed E-state index contributed by atoms with van der Waals surface area (Å²) in [6.07, 6.45) is 2.70. The van der Waals surface area contributed by atoms with Gasteiger partial charge in [-0.05, 0) is 11.6 Å². The molecule has 0 amide bonds. The smallest absolute Gasteiger partial charge is 0.177 e. The van der Waals surface area contributed by atoms with Gasteiger partial charge in [0.05, 0.1) is 11.8 Å². The monoisotopic (exact) mass is 174 g/mol. The summed E-state index contributed by atoms with van der Waals surface area (Å²) >= 11 is 0. The molecule has 4 heteroatoms. The van der Waals surface area contributed by atoms with Gasteiger partial charge in [-0.1, -0.05) is 0 Å². The third-order valence-electron chi connectivity index (χ3n) is 2.43. The first-order chi connectivity index (χ1) is 6.43. The van der Waals surface area contributed by atoms with Crippen molar-refractivity contribution in [2.24, 2.45) is 0 Å². The van der Waals surface area contributed by atoms with E-state index in [0.29, 0.717) is 0 Å². The molecule has 1 aliphatic rings. The Balaban J connectivity index is 2.28. The third kappa shape index (κ3) is 1.02. The second-order valence-corrected chi connectivity index (χ2v) is 3.29. The Morgan fingerprint density at radius 2 is 2.38 bits per heavy atom. The number of pyridine rings is 1. The molecule has 4 nitrogen and oxygen atoms in total. The van der Waals surface area contributed by atoms with E-state index in [2.05, 4.69) is 26.3 Å². The summed E-state index contributed by atoms with van der Waals surface area (Å²) in [4.78, 5) is 11.7. The highest BCUT2D eigenvalue weighted by molar-refractivity contribution is 5.71. The van der Waals surface area contributed by atoms with Gasteiger partial charge in [0.25, 0.3) is 0 Å². The third-order valence-corrected chi connectivity index (χ3v) is 2.43. The summed E-state index contributed by atoms with van der Waals surface area (Å²) in [5, 5.41) is 3.32. The number of fused-ring (bicyclic) bond motifs is 2. The number of rotatable bonds is 0. The number of imidazole rings is 1. The molecule has 0 bridgehead atoms. The van der Waals surface area contributed by atoms with Gasteiger partial charge in [-0.25, -0.2) is 9.97 Å². The number of hydrogen-bond acceptors (Lipinski definition) is 3. The summed E-state index contributed by atoms with van der Waals surface area (Å²) in [5.41, 5.74) is 4.35. The van der Waals surface area contributed by atoms with Crippen LogP contribution in [0.5, 0.6) is 0 Å². The van der Waals surface area contributed by atoms with E-state index in [4.69, 9.17) is 0 Å². The molecule has 2 aromatic rings. The Morgan fingerprint density at radius 1 is 1.38 bits per heavy atom. The van der Waals surface area contributed by atoms with Crippen LogP contribution in [0.15, 0.2) is 12.4 Å². The number of nitrogens with zero attached hydrogens (tertiary/aromatic N) is 2. The van der Waals surface area contributed by atoms with E-state index in [1.54, 1.807) is 6.33 Å². The Kier molecular flexibility index (Phi) is 1.37. The van der Waals surface area contributed by atoms with Crippen LogP contribution in [0.4, 0.5) is 0 Å². The van der Waals surface area contributed by atoms with Crippen molar-refractivity contribution >= 4 is 11.2 Å². The van der Waals surface area contributed by atoms with Crippen LogP contribution in [0.25, 0.3) is 11.2 Å². The first kappa shape index (κ1) is 7.03. The molecule has 3 rings (SSSR count). The van der Waals surface area contributed by atoms with Crippen molar-refractivity contribution < 1.29 is 0 Å². The minimum Gasteiger partial charge on any atom is -0.343 e. The number of H-pyrrole nitrogens is 1. The molecule has 0 atom stereocenters. The predicted octanol–water partition coefficient (Wildman–Crippen LogP) is 0.604. The van der Waals surface area contributed by atoms with Crippen LogP contribution in [-0.4, -0.2) is 21.5 Å². The van der Waals surface area contributed by atoms with Gasteiger partial charge in [0.1, 0.15) is 0 Å². The van der Waals surface area contributed by atoms with Crippen molar-refractivity contribution in [3.05, 3.63) is 23.7 Å². The van der Waals surface area contributed by atoms with E-state index in [1.807, 2.05) is 0 Å². The Bertz CT molecular complexity index is 406. The number of nitrogens with one attached hydrogen (secondary N) is 2. The van der Waals surface area contributed by atoms with E-state index >= 15 is 0 Å². The van der Waals surface area contributed by atoms with Crippen molar-refractivity contribution in [1.82, 2.24) is 20.3 Å². The number of aromatic amines is 1. The average molecular weight is 174 g/mol. The van der Waals surface area contributed by atoms with Crippen LogP contribution in [0.3, 0.4) is 0 Å². The lowest BCUT2D eigenvalue weighted by Crippen LogP contribution is -2.24. The molecule has 0 spiro atoms. The fraction of sp³-hybridized carbons (Fsp3) is 0.333. The Hall–Kier alpha value is -1.42. The van der Waals surface area contributed by atoms with E-state index in [-0.39, 0.29) is 0 Å². The number of aromatic nitrogens is 3. The molecule has 66 valence electrons. The van der Waals surface area contributed by atoms with Crippen molar-refractivity contribution in [3.8, 4) is 0 Å². The van der Waals surface area contributed by atoms with Gasteiger partial charge in [0.15, 0.2) is 5.65 Å². The van der Waals surface area contributed by atoms with Gasteiger partial charge in [-0.2, -0.15) is 0 Å². The Labute approximate surface area is 75.4 Å². The average Bonchev–Trinajstić information content (AvgIpc) is 2.61. The summed E-state index contributed by atoms with van der Waals surface area (Å²) in [6.45, 7) is 1.95. The first-order valence-electron chi connectivity index (χ1n) is 4.46. The zero-order valence-electron chi connectivity index (χ0n) is 7.17. The highest BCUT2D eigenvalue weighted by Crippen LogP contribution is 2.16. The second-order valence-electron chi connectivity index (χ2n) is 3.29. The van der Waals surface area contributed by atoms with Crippen molar-refractivity contribution in [2.75, 3.05) is 6.54 Å². The molecule has 3 heterocycles. The van der Waals surface area contributed by atoms with Crippen LogP contribution in [0.2, 0.25) is 0 Å². The van der Waals surface area contributed by atoms with Gasteiger partial charge < -0.3 is 10.3 Å². The van der Waals surface area contributed by atoms with Crippen LogP contribution in [-0.2, 0) is 13.0 Å². The van der Waals surface area contributed by atoms with Crippen LogP contribution in [0, 0.1) is 0 Å². The molecular formula is C9H10N4. The van der Waals surface area contributed by atoms with Crippen molar-refractivity contribution in [2.45, 2.75) is 13.0 Å². The fourth-order valence-electron chi connectivity index (χ4n) is 1.75. The molecular weight excluding hydrogens is 164 g/mol. The summed E-state index contributed by atoms with van der Waals surface area (Å²) in [6, 6.07) is 2.14. The molecule has 0 saturated heterocycles. The molecule has 0 saturated carbocycles. The lowest BCUT2D eigenvalue weighted by molar-refractivity contribution is 0.632. The van der Waals surface area contributed by atoms with Gasteiger partial charge in [-0.3, -0.25) is 0 Å². The lowest BCUT2D eigenvalue weighted by atomic mass is 10.1. The molecule has 1 aliphatic heterocycles. The van der Waals surface area contributed by atoms with Crippen LogP contribution in [0.1, 0.15) is 11.3 Å². The molecule has 0 fully saturated rings. The summed E-state index contributed by atoms with van der Waals surface area (Å²) in [5.74, 6) is 0. The zero-order chi connectivity index (χ0) is 8.67. The topological polar surface area (TPSA) is 53.6 Å². The molecule has 0 aliphatic carbocycles. The largest absolute Gasteiger partial charge is 0.343 e. The van der Waals surface area contributed by atoms with Crippen molar-refractivity contribution in [3.63, 3.8) is 0 Å². The molecule has 0 unspecified atom stereocenters. The van der Waals surface area contributed by atoms with Crippen LogP contribution < -0.4 is 5.32 Å². The van der Waals surface area contributed by atoms with E-state index in [9.17, 15) is 0 Å². The highest BCUT2D eigenvalue weighted by Gasteiger charge is 2.11. The second kappa shape index (κ2) is 2.53. The molecule has 0 radical (unpaired) electrons. The highest BCUT2D eigenvalue weighted by atomic mass is 15.0. The molecule has 13 heavy (non-hydrogen) atoms. The van der Waals surface area contributed by atoms with Gasteiger partial charge in [0, 0.05) is 25.2 Å². The minimum atomic E-state index is 0.834. The minimum absolute atomic E-state index is 0.834. The van der Waals surface area contributed by atoms with Crippen LogP contribution >= 0.6 is 0 Å². The maximum absolute atomic E-state index is 4.49. The van der Waals surface area contributed by atoms with Crippen molar-refractivity contribution in [1.29, 1.82) is 0 Å². The van der Waals surface area contributed by atoms with Gasteiger partial charge in [0.2, 0.25) is 0 Å². The molecule has 2 N–H and O–H groups in total. The van der Waals surface area contributed by atoms with E-state index in [1.165, 1.54) is 11.3 Å². The maximum Gasteiger partial charge on any atom is 0.177 e. The Morgan fingerprint density at radius 3 is 3.38 bits per heavy atom. The van der Waals surface area contributed by atoms with E-state index < -0.39 is 0 Å². The lowest BCUT2D eigenvalue weighted by Gasteiger charge is -2.15. The normalized spacial score (nSPS) is 16.0. The molecule has 0 aromatic carbocycles. The standard InChI is InChI=1S/C9H10N4/c1-2-10-4-6-3-8-9(12-5-11-8)13-7(1)6/h3,5,10H,1-2,4H2,(H,11,12,13). The van der Waals surface area contributed by atoms with E-state index in [0.717, 1.165) is 30.7 Å². The summed E-state index contributed by atoms with van der Waals surface area (Å²) in [7, 11) is 0. The molecule has 2 aromatic heterocycles. The fourth-order valence-corrected chi connectivity index (χ4v) is 1.75. The van der Waals surface area contributed by atoms with Gasteiger partial charge >= 0.3 is 0 Å². The number of hydrogen-bond donors (Lipinski definition) is 2. The van der Waals surface area contributed by atoms with Gasteiger partial charge in [-0.15, -0.1) is 0 Å². The first-order valence-corrected chi connectivity index (χ1v) is 4.46. The quantitative estimate of drug-likeness (QED) is 0.615. The predicted molar refractivity (Wildman–Crippen MR) is 49.3 cm³/mol.